The van der Waals surface area contributed by atoms with Gasteiger partial charge in [-0.15, -0.1) is 0 Å². The first kappa shape index (κ1) is 17.7. The molecule has 1 N–H and O–H groups in total. The van der Waals surface area contributed by atoms with E-state index in [9.17, 15) is 9.59 Å². The van der Waals surface area contributed by atoms with E-state index >= 15 is 0 Å². The second-order valence-corrected chi connectivity index (χ2v) is 6.02. The molecule has 0 bridgehead atoms. The standard InChI is InChI=1S/C19H16ClN3O3/c1-12-4-3-5-14(10-12)23-9-8-16(24)18(22-23)19(25)21-13-6-7-17(26-2)15(20)11-13/h3-11H,1-2H3,(H,21,25). The Hall–Kier alpha value is -3.12. The van der Waals surface area contributed by atoms with Gasteiger partial charge in [-0.25, -0.2) is 4.68 Å². The molecule has 26 heavy (non-hydrogen) atoms. The number of aryl methyl sites for hydroxylation is 1. The molecule has 0 radical (unpaired) electrons. The van der Waals surface area contributed by atoms with Crippen molar-refractivity contribution in [3.8, 4) is 11.4 Å². The molecule has 7 heteroatoms. The van der Waals surface area contributed by atoms with Crippen molar-refractivity contribution in [3.05, 3.63) is 81.2 Å². The summed E-state index contributed by atoms with van der Waals surface area (Å²) in [7, 11) is 1.50. The van der Waals surface area contributed by atoms with Crippen molar-refractivity contribution in [2.24, 2.45) is 0 Å². The average molecular weight is 370 g/mol. The van der Waals surface area contributed by atoms with Crippen LogP contribution in [0.3, 0.4) is 0 Å². The summed E-state index contributed by atoms with van der Waals surface area (Å²) in [5.41, 5.74) is 1.56. The van der Waals surface area contributed by atoms with Crippen LogP contribution in [0.5, 0.6) is 5.75 Å². The number of carbonyl (C=O) groups is 1. The predicted octanol–water partition coefficient (Wildman–Crippen LogP) is 3.46. The van der Waals surface area contributed by atoms with Gasteiger partial charge in [-0.05, 0) is 42.8 Å². The number of hydrogen-bond donors (Lipinski definition) is 1. The molecule has 0 aliphatic heterocycles. The summed E-state index contributed by atoms with van der Waals surface area (Å²) in [5.74, 6) is -0.123. The van der Waals surface area contributed by atoms with Gasteiger partial charge >= 0.3 is 0 Å². The molecule has 0 saturated carbocycles. The molecular formula is C19H16ClN3O3. The van der Waals surface area contributed by atoms with E-state index in [2.05, 4.69) is 10.4 Å². The Bertz CT molecular complexity index is 1030. The van der Waals surface area contributed by atoms with Gasteiger partial charge in [-0.3, -0.25) is 9.59 Å². The highest BCUT2D eigenvalue weighted by molar-refractivity contribution is 6.32. The fourth-order valence-electron chi connectivity index (χ4n) is 2.41. The minimum absolute atomic E-state index is 0.207. The monoisotopic (exact) mass is 369 g/mol. The van der Waals surface area contributed by atoms with E-state index < -0.39 is 11.3 Å². The summed E-state index contributed by atoms with van der Waals surface area (Å²) >= 11 is 6.05. The maximum absolute atomic E-state index is 12.5. The Labute approximate surface area is 155 Å². The zero-order chi connectivity index (χ0) is 18.7. The smallest absolute Gasteiger partial charge is 0.280 e. The highest BCUT2D eigenvalue weighted by atomic mass is 35.5. The second-order valence-electron chi connectivity index (χ2n) is 5.62. The molecule has 0 unspecified atom stereocenters. The number of nitrogens with one attached hydrogen (secondary N) is 1. The van der Waals surface area contributed by atoms with E-state index in [1.165, 1.54) is 24.1 Å². The maximum Gasteiger partial charge on any atom is 0.280 e. The summed E-state index contributed by atoms with van der Waals surface area (Å²) < 4.78 is 6.56. The molecule has 0 aliphatic carbocycles. The molecule has 3 rings (SSSR count). The molecule has 2 aromatic carbocycles. The van der Waals surface area contributed by atoms with Crippen LogP contribution in [0.4, 0.5) is 5.69 Å². The molecule has 0 aliphatic rings. The van der Waals surface area contributed by atoms with Crippen LogP contribution < -0.4 is 15.5 Å². The van der Waals surface area contributed by atoms with Gasteiger partial charge in [-0.2, -0.15) is 5.10 Å². The number of rotatable bonds is 4. The molecule has 0 saturated heterocycles. The van der Waals surface area contributed by atoms with Gasteiger partial charge in [-0.1, -0.05) is 23.7 Å². The Balaban J connectivity index is 1.91. The first-order valence-corrected chi connectivity index (χ1v) is 8.17. The Morgan fingerprint density at radius 2 is 2.00 bits per heavy atom. The normalized spacial score (nSPS) is 10.4. The summed E-state index contributed by atoms with van der Waals surface area (Å²) in [6.45, 7) is 1.95. The highest BCUT2D eigenvalue weighted by Crippen LogP contribution is 2.27. The number of ether oxygens (including phenoxy) is 1. The molecule has 0 fully saturated rings. The van der Waals surface area contributed by atoms with Crippen LogP contribution in [0.2, 0.25) is 5.02 Å². The number of nitrogens with zero attached hydrogens (tertiary/aromatic N) is 2. The highest BCUT2D eigenvalue weighted by Gasteiger charge is 2.14. The van der Waals surface area contributed by atoms with Crippen molar-refractivity contribution in [2.45, 2.75) is 6.92 Å². The largest absolute Gasteiger partial charge is 0.495 e. The third-order valence-electron chi connectivity index (χ3n) is 3.70. The van der Waals surface area contributed by atoms with E-state index in [-0.39, 0.29) is 5.69 Å². The molecular weight excluding hydrogens is 354 g/mol. The second kappa shape index (κ2) is 7.41. The molecule has 0 atom stereocenters. The first-order valence-electron chi connectivity index (χ1n) is 7.80. The fraction of sp³-hybridized carbons (Fsp3) is 0.105. The number of anilines is 1. The molecule has 0 spiro atoms. The number of amides is 1. The van der Waals surface area contributed by atoms with Crippen LogP contribution >= 0.6 is 11.6 Å². The fourth-order valence-corrected chi connectivity index (χ4v) is 2.67. The third-order valence-corrected chi connectivity index (χ3v) is 3.99. The molecule has 1 aromatic heterocycles. The quantitative estimate of drug-likeness (QED) is 0.764. The van der Waals surface area contributed by atoms with Crippen molar-refractivity contribution >= 4 is 23.2 Å². The van der Waals surface area contributed by atoms with E-state index in [1.807, 2.05) is 31.2 Å². The van der Waals surface area contributed by atoms with Gasteiger partial charge in [0.15, 0.2) is 5.69 Å². The Morgan fingerprint density at radius 3 is 2.69 bits per heavy atom. The molecule has 3 aromatic rings. The van der Waals surface area contributed by atoms with Crippen LogP contribution in [0.15, 0.2) is 59.5 Å². The van der Waals surface area contributed by atoms with Crippen LogP contribution in [0.1, 0.15) is 16.1 Å². The zero-order valence-corrected chi connectivity index (χ0v) is 14.9. The predicted molar refractivity (Wildman–Crippen MR) is 101 cm³/mol. The van der Waals surface area contributed by atoms with E-state index in [1.54, 1.807) is 18.2 Å². The Morgan fingerprint density at radius 1 is 1.19 bits per heavy atom. The van der Waals surface area contributed by atoms with Crippen LogP contribution in [-0.4, -0.2) is 22.8 Å². The SMILES string of the molecule is COc1ccc(NC(=O)c2nn(-c3cccc(C)c3)ccc2=O)cc1Cl. The van der Waals surface area contributed by atoms with Gasteiger partial charge in [0, 0.05) is 18.0 Å². The van der Waals surface area contributed by atoms with Crippen molar-refractivity contribution in [3.63, 3.8) is 0 Å². The zero-order valence-electron chi connectivity index (χ0n) is 14.2. The number of methoxy groups -OCH3 is 1. The molecule has 1 amide bonds. The summed E-state index contributed by atoms with van der Waals surface area (Å²) in [6, 6.07) is 13.7. The van der Waals surface area contributed by atoms with Crippen LogP contribution in [0.25, 0.3) is 5.69 Å². The van der Waals surface area contributed by atoms with Gasteiger partial charge < -0.3 is 10.1 Å². The van der Waals surface area contributed by atoms with Crippen molar-refractivity contribution in [1.29, 1.82) is 0 Å². The van der Waals surface area contributed by atoms with E-state index in [4.69, 9.17) is 16.3 Å². The number of aromatic nitrogens is 2. The first-order chi connectivity index (χ1) is 12.5. The van der Waals surface area contributed by atoms with Crippen molar-refractivity contribution in [1.82, 2.24) is 9.78 Å². The third kappa shape index (κ3) is 3.75. The average Bonchev–Trinajstić information content (AvgIpc) is 2.62. The number of carbonyl (C=O) groups excluding carboxylic acids is 1. The van der Waals surface area contributed by atoms with Gasteiger partial charge in [0.25, 0.3) is 5.91 Å². The Kier molecular flexibility index (Phi) is 5.04. The lowest BCUT2D eigenvalue weighted by molar-refractivity contribution is 0.101. The summed E-state index contributed by atoms with van der Waals surface area (Å²) in [6.07, 6.45) is 1.53. The molecule has 132 valence electrons. The molecule has 6 nitrogen and oxygen atoms in total. The van der Waals surface area contributed by atoms with Crippen LogP contribution in [-0.2, 0) is 0 Å². The summed E-state index contributed by atoms with van der Waals surface area (Å²) in [5, 5.41) is 7.15. The van der Waals surface area contributed by atoms with Crippen LogP contribution in [0, 0.1) is 6.92 Å². The van der Waals surface area contributed by atoms with Crippen molar-refractivity contribution < 1.29 is 9.53 Å². The topological polar surface area (TPSA) is 73.2 Å². The minimum Gasteiger partial charge on any atom is -0.495 e. The molecule has 1 heterocycles. The van der Waals surface area contributed by atoms with Gasteiger partial charge in [0.05, 0.1) is 17.8 Å². The lowest BCUT2D eigenvalue weighted by Crippen LogP contribution is -2.25. The summed E-state index contributed by atoms with van der Waals surface area (Å²) in [4.78, 5) is 24.6. The van der Waals surface area contributed by atoms with Gasteiger partial charge in [0.1, 0.15) is 5.75 Å². The van der Waals surface area contributed by atoms with E-state index in [0.29, 0.717) is 16.5 Å². The maximum atomic E-state index is 12.5. The lowest BCUT2D eigenvalue weighted by atomic mass is 10.2. The number of benzene rings is 2. The number of halogens is 1. The lowest BCUT2D eigenvalue weighted by Gasteiger charge is -2.10. The number of hydrogen-bond acceptors (Lipinski definition) is 4. The van der Waals surface area contributed by atoms with Crippen molar-refractivity contribution in [2.75, 3.05) is 12.4 Å². The minimum atomic E-state index is -0.613. The van der Waals surface area contributed by atoms with Gasteiger partial charge in [0.2, 0.25) is 5.43 Å². The van der Waals surface area contributed by atoms with E-state index in [0.717, 1.165) is 11.3 Å².